The standard InChI is InChI=1S/C18H19ClN4O2S/c19-15-10-20-4-1-14(15)18(25)2-5-23(6-3-18)17(24)12-7-16(26-11-12)13-8-21-22-9-13/h1,4,7-10,12,25H,2-3,5-6,11H2,(H,21,22). The number of carbonyl (C=O) groups is 1. The molecule has 4 heterocycles. The summed E-state index contributed by atoms with van der Waals surface area (Å²) in [7, 11) is 0. The first-order chi connectivity index (χ1) is 12.6. The summed E-state index contributed by atoms with van der Waals surface area (Å²) in [5.41, 5.74) is 0.712. The van der Waals surface area contributed by atoms with Crippen LogP contribution in [0.15, 0.2) is 36.9 Å². The maximum atomic E-state index is 12.9. The number of piperidine rings is 1. The lowest BCUT2D eigenvalue weighted by molar-refractivity contribution is -0.137. The second-order valence-electron chi connectivity index (χ2n) is 6.65. The first-order valence-corrected chi connectivity index (χ1v) is 9.88. The summed E-state index contributed by atoms with van der Waals surface area (Å²) in [4.78, 5) is 19.8. The summed E-state index contributed by atoms with van der Waals surface area (Å²) in [5, 5.41) is 18.2. The Hall–Kier alpha value is -1.83. The number of thioether (sulfide) groups is 1. The minimum Gasteiger partial charge on any atom is -0.385 e. The molecule has 0 radical (unpaired) electrons. The van der Waals surface area contributed by atoms with Crippen molar-refractivity contribution < 1.29 is 9.90 Å². The van der Waals surface area contributed by atoms with Crippen molar-refractivity contribution in [1.29, 1.82) is 0 Å². The van der Waals surface area contributed by atoms with Gasteiger partial charge in [-0.1, -0.05) is 17.7 Å². The molecule has 0 spiro atoms. The van der Waals surface area contributed by atoms with Crippen molar-refractivity contribution in [2.45, 2.75) is 18.4 Å². The van der Waals surface area contributed by atoms with Crippen LogP contribution in [0, 0.1) is 5.92 Å². The van der Waals surface area contributed by atoms with Crippen molar-refractivity contribution in [3.8, 4) is 0 Å². The van der Waals surface area contributed by atoms with E-state index in [1.807, 2.05) is 17.2 Å². The first kappa shape index (κ1) is 17.6. The molecule has 1 atom stereocenters. The minimum atomic E-state index is -1.00. The fourth-order valence-electron chi connectivity index (χ4n) is 3.52. The van der Waals surface area contributed by atoms with Crippen LogP contribution >= 0.6 is 23.4 Å². The third-order valence-corrected chi connectivity index (χ3v) is 6.56. The SMILES string of the molecule is O=C(C1C=C(c2cn[nH]c2)SC1)N1CCC(O)(c2ccncc2Cl)CC1. The van der Waals surface area contributed by atoms with E-state index in [0.29, 0.717) is 36.5 Å². The van der Waals surface area contributed by atoms with Gasteiger partial charge in [0.15, 0.2) is 0 Å². The van der Waals surface area contributed by atoms with Gasteiger partial charge in [-0.3, -0.25) is 14.9 Å². The molecule has 0 saturated carbocycles. The molecular weight excluding hydrogens is 372 g/mol. The lowest BCUT2D eigenvalue weighted by atomic mass is 9.84. The normalized spacial score (nSPS) is 22.3. The molecule has 2 aliphatic heterocycles. The molecule has 0 aromatic carbocycles. The molecule has 0 bridgehead atoms. The Labute approximate surface area is 160 Å². The van der Waals surface area contributed by atoms with Gasteiger partial charge in [-0.2, -0.15) is 5.10 Å². The van der Waals surface area contributed by atoms with Gasteiger partial charge in [-0.25, -0.2) is 0 Å². The Morgan fingerprint density at radius 3 is 2.88 bits per heavy atom. The van der Waals surface area contributed by atoms with Gasteiger partial charge in [0.2, 0.25) is 5.91 Å². The Morgan fingerprint density at radius 2 is 2.19 bits per heavy atom. The van der Waals surface area contributed by atoms with Gasteiger partial charge in [0.25, 0.3) is 0 Å². The van der Waals surface area contributed by atoms with Crippen LogP contribution in [0.3, 0.4) is 0 Å². The topological polar surface area (TPSA) is 82.1 Å². The predicted octanol–water partition coefficient (Wildman–Crippen LogP) is 2.67. The van der Waals surface area contributed by atoms with Crippen LogP contribution in [0.25, 0.3) is 4.91 Å². The van der Waals surface area contributed by atoms with Crippen LogP contribution in [0.4, 0.5) is 0 Å². The molecule has 2 N–H and O–H groups in total. The molecule has 4 rings (SSSR count). The molecule has 6 nitrogen and oxygen atoms in total. The number of carbonyl (C=O) groups excluding carboxylic acids is 1. The quantitative estimate of drug-likeness (QED) is 0.842. The van der Waals surface area contributed by atoms with Crippen LogP contribution < -0.4 is 0 Å². The molecule has 2 aromatic rings. The van der Waals surface area contributed by atoms with Crippen LogP contribution in [-0.2, 0) is 10.4 Å². The molecular formula is C18H19ClN4O2S. The van der Waals surface area contributed by atoms with E-state index in [9.17, 15) is 9.90 Å². The fraction of sp³-hybridized carbons (Fsp3) is 0.389. The number of rotatable bonds is 3. The van der Waals surface area contributed by atoms with Gasteiger partial charge in [0.05, 0.1) is 22.7 Å². The Bertz CT molecular complexity index is 831. The highest BCUT2D eigenvalue weighted by Crippen LogP contribution is 2.39. The molecule has 1 unspecified atom stereocenters. The summed E-state index contributed by atoms with van der Waals surface area (Å²) < 4.78 is 0. The molecule has 136 valence electrons. The van der Waals surface area contributed by atoms with Crippen molar-refractivity contribution >= 4 is 34.2 Å². The number of hydrogen-bond acceptors (Lipinski definition) is 5. The van der Waals surface area contributed by atoms with Gasteiger partial charge < -0.3 is 10.0 Å². The number of aromatic nitrogens is 3. The molecule has 1 saturated heterocycles. The highest BCUT2D eigenvalue weighted by Gasteiger charge is 2.38. The number of nitrogens with zero attached hydrogens (tertiary/aromatic N) is 3. The lowest BCUT2D eigenvalue weighted by Gasteiger charge is -2.39. The van der Waals surface area contributed by atoms with E-state index in [0.717, 1.165) is 16.2 Å². The van der Waals surface area contributed by atoms with Crippen molar-refractivity contribution in [2.75, 3.05) is 18.8 Å². The van der Waals surface area contributed by atoms with Crippen LogP contribution in [0.5, 0.6) is 0 Å². The van der Waals surface area contributed by atoms with Gasteiger partial charge >= 0.3 is 0 Å². The zero-order chi connectivity index (χ0) is 18.1. The predicted molar refractivity (Wildman–Crippen MR) is 101 cm³/mol. The molecule has 8 heteroatoms. The largest absolute Gasteiger partial charge is 0.385 e. The average molecular weight is 391 g/mol. The second-order valence-corrected chi connectivity index (χ2v) is 8.12. The van der Waals surface area contributed by atoms with Gasteiger partial charge in [0.1, 0.15) is 0 Å². The van der Waals surface area contributed by atoms with Crippen molar-refractivity contribution in [3.63, 3.8) is 0 Å². The molecule has 2 aliphatic rings. The van der Waals surface area contributed by atoms with E-state index >= 15 is 0 Å². The zero-order valence-electron chi connectivity index (χ0n) is 14.1. The summed E-state index contributed by atoms with van der Waals surface area (Å²) >= 11 is 7.87. The van der Waals surface area contributed by atoms with Gasteiger partial charge in [-0.15, -0.1) is 11.8 Å². The lowest BCUT2D eigenvalue weighted by Crippen LogP contribution is -2.47. The van der Waals surface area contributed by atoms with Crippen LogP contribution in [0.1, 0.15) is 24.0 Å². The number of amides is 1. The summed E-state index contributed by atoms with van der Waals surface area (Å²) in [6, 6.07) is 1.76. The third kappa shape index (κ3) is 3.26. The smallest absolute Gasteiger partial charge is 0.230 e. The first-order valence-electron chi connectivity index (χ1n) is 8.52. The van der Waals surface area contributed by atoms with E-state index in [1.54, 1.807) is 36.4 Å². The monoisotopic (exact) mass is 390 g/mol. The number of halogens is 1. The maximum Gasteiger partial charge on any atom is 0.230 e. The number of nitrogens with one attached hydrogen (secondary N) is 1. The molecule has 26 heavy (non-hydrogen) atoms. The van der Waals surface area contributed by atoms with Crippen LogP contribution in [-0.4, -0.2) is 49.9 Å². The average Bonchev–Trinajstić information content (AvgIpc) is 3.33. The number of pyridine rings is 1. The minimum absolute atomic E-state index is 0.124. The molecule has 1 fully saturated rings. The van der Waals surface area contributed by atoms with Crippen molar-refractivity contribution in [3.05, 3.63) is 53.1 Å². The van der Waals surface area contributed by atoms with E-state index in [2.05, 4.69) is 15.2 Å². The Morgan fingerprint density at radius 1 is 1.38 bits per heavy atom. The van der Waals surface area contributed by atoms with E-state index in [-0.39, 0.29) is 11.8 Å². The third-order valence-electron chi connectivity index (χ3n) is 5.05. The molecule has 1 amide bonds. The molecule has 2 aromatic heterocycles. The number of aliphatic hydroxyl groups is 1. The van der Waals surface area contributed by atoms with Gasteiger partial charge in [-0.05, 0) is 18.9 Å². The highest BCUT2D eigenvalue weighted by atomic mass is 35.5. The fourth-order valence-corrected chi connectivity index (χ4v) is 4.95. The number of likely N-dealkylation sites (tertiary alicyclic amines) is 1. The number of aromatic amines is 1. The Kier molecular flexibility index (Phi) is 4.77. The van der Waals surface area contributed by atoms with E-state index < -0.39 is 5.60 Å². The number of H-pyrrole nitrogens is 1. The van der Waals surface area contributed by atoms with E-state index in [1.165, 1.54) is 0 Å². The summed E-state index contributed by atoms with van der Waals surface area (Å²) in [6.45, 7) is 1.04. The maximum absolute atomic E-state index is 12.9. The second kappa shape index (κ2) is 7.06. The summed E-state index contributed by atoms with van der Waals surface area (Å²) in [6.07, 6.45) is 9.76. The highest BCUT2D eigenvalue weighted by molar-refractivity contribution is 8.08. The number of hydrogen-bond donors (Lipinski definition) is 2. The molecule has 0 aliphatic carbocycles. The van der Waals surface area contributed by atoms with Crippen molar-refractivity contribution in [2.24, 2.45) is 5.92 Å². The Balaban J connectivity index is 1.42. The van der Waals surface area contributed by atoms with Gasteiger partial charge in [0, 0.05) is 53.5 Å². The summed E-state index contributed by atoms with van der Waals surface area (Å²) in [5.74, 6) is 0.746. The van der Waals surface area contributed by atoms with E-state index in [4.69, 9.17) is 11.6 Å². The zero-order valence-corrected chi connectivity index (χ0v) is 15.6. The van der Waals surface area contributed by atoms with Crippen LogP contribution in [0.2, 0.25) is 5.02 Å². The van der Waals surface area contributed by atoms with Crippen molar-refractivity contribution in [1.82, 2.24) is 20.1 Å².